The molecule has 2 unspecified atom stereocenters. The van der Waals surface area contributed by atoms with Crippen molar-refractivity contribution in [1.82, 2.24) is 0 Å². The number of benzene rings is 2. The molecule has 2 aromatic carbocycles. The van der Waals surface area contributed by atoms with Crippen LogP contribution in [0.4, 0.5) is 96.6 Å². The van der Waals surface area contributed by atoms with E-state index in [-0.39, 0.29) is 0 Å². The van der Waals surface area contributed by atoms with Gasteiger partial charge in [0.1, 0.15) is 0 Å². The largest absolute Gasteiger partial charge is 0.379 e. The Morgan fingerprint density at radius 1 is 0.279 bits per heavy atom. The molecule has 2 aromatic rings. The number of rotatable bonds is 2. The number of halogens is 22. The van der Waals surface area contributed by atoms with Crippen molar-refractivity contribution in [2.45, 2.75) is 46.7 Å². The first kappa shape index (κ1) is 32.9. The van der Waals surface area contributed by atoms with E-state index in [0.29, 0.717) is 0 Å². The van der Waals surface area contributed by atoms with E-state index >= 15 is 8.78 Å². The van der Waals surface area contributed by atoms with Crippen LogP contribution in [0.25, 0.3) is 0 Å². The molecule has 0 fully saturated rings. The van der Waals surface area contributed by atoms with E-state index in [1.165, 1.54) is 0 Å². The lowest BCUT2D eigenvalue weighted by atomic mass is 9.40. The van der Waals surface area contributed by atoms with Gasteiger partial charge in [0.2, 0.25) is 7.28 Å². The average Bonchev–Trinajstić information content (AvgIpc) is 2.87. The molecular formula is C20HBF22. The minimum absolute atomic E-state index is 3.61. The zero-order chi connectivity index (χ0) is 33.6. The van der Waals surface area contributed by atoms with E-state index in [1.807, 2.05) is 0 Å². The second kappa shape index (κ2) is 8.36. The van der Waals surface area contributed by atoms with Crippen LogP contribution in [0.3, 0.4) is 0 Å². The van der Waals surface area contributed by atoms with Gasteiger partial charge in [-0.05, 0) is 0 Å². The van der Waals surface area contributed by atoms with Gasteiger partial charge in [0, 0.05) is 11.1 Å². The van der Waals surface area contributed by atoms with Crippen molar-refractivity contribution in [2.75, 3.05) is 0 Å². The molecule has 0 N–H and O–H groups in total. The first-order valence-electron chi connectivity index (χ1n) is 10.4. The Kier molecular flexibility index (Phi) is 6.39. The quantitative estimate of drug-likeness (QED) is 0.132. The van der Waals surface area contributed by atoms with Crippen LogP contribution in [0, 0.1) is 46.5 Å². The van der Waals surface area contributed by atoms with Crippen molar-refractivity contribution >= 4 is 7.28 Å². The van der Waals surface area contributed by atoms with Crippen LogP contribution in [0.5, 0.6) is 0 Å². The first-order chi connectivity index (χ1) is 19.0. The van der Waals surface area contributed by atoms with Gasteiger partial charge in [0.25, 0.3) is 0 Å². The molecule has 0 radical (unpaired) electrons. The van der Waals surface area contributed by atoms with Gasteiger partial charge in [-0.25, -0.2) is 43.9 Å². The molecule has 4 rings (SSSR count). The molecule has 0 bridgehead atoms. The van der Waals surface area contributed by atoms with Crippen molar-refractivity contribution in [3.05, 3.63) is 68.8 Å². The predicted molar refractivity (Wildman–Crippen MR) is 92.8 cm³/mol. The normalized spacial score (nSPS) is 29.1. The summed E-state index contributed by atoms with van der Waals surface area (Å²) >= 11 is 0. The lowest BCUT2D eigenvalue weighted by Crippen LogP contribution is -2.74. The Balaban J connectivity index is 2.27. The van der Waals surface area contributed by atoms with Gasteiger partial charge in [-0.15, -0.1) is 0 Å². The van der Waals surface area contributed by atoms with E-state index in [2.05, 4.69) is 0 Å². The average molecular weight is 670 g/mol. The Labute approximate surface area is 220 Å². The summed E-state index contributed by atoms with van der Waals surface area (Å²) in [6.45, 7) is 0. The number of hydrogen-bond donors (Lipinski definition) is 0. The van der Waals surface area contributed by atoms with Gasteiger partial charge < -0.3 is 0 Å². The first-order valence-corrected chi connectivity index (χ1v) is 10.4. The maximum atomic E-state index is 16.0. The third-order valence-electron chi connectivity index (χ3n) is 7.01. The smallest absolute Gasteiger partial charge is 0.242 e. The van der Waals surface area contributed by atoms with E-state index < -0.39 is 123 Å². The van der Waals surface area contributed by atoms with Gasteiger partial charge in [-0.3, -0.25) is 0 Å². The van der Waals surface area contributed by atoms with Crippen LogP contribution in [0.2, 0.25) is 0 Å². The molecule has 0 spiro atoms. The van der Waals surface area contributed by atoms with Crippen LogP contribution < -0.4 is 0 Å². The highest BCUT2D eigenvalue weighted by Gasteiger charge is 2.91. The maximum absolute atomic E-state index is 16.0. The molecule has 0 saturated carbocycles. The van der Waals surface area contributed by atoms with Crippen LogP contribution in [0.15, 0.2) is 0 Å². The summed E-state index contributed by atoms with van der Waals surface area (Å²) in [5, 5.41) is 0. The molecule has 0 aromatic heterocycles. The summed E-state index contributed by atoms with van der Waals surface area (Å²) in [6, 6.07) is 0. The summed E-state index contributed by atoms with van der Waals surface area (Å²) in [6.07, 6.45) is 0. The summed E-state index contributed by atoms with van der Waals surface area (Å²) in [7, 11) is -4.72. The molecule has 2 aliphatic carbocycles. The van der Waals surface area contributed by atoms with Crippen molar-refractivity contribution in [3.63, 3.8) is 0 Å². The van der Waals surface area contributed by atoms with Crippen LogP contribution >= 0.6 is 0 Å². The molecule has 0 aliphatic heterocycles. The minimum atomic E-state index is -7.80. The second-order valence-electron chi connectivity index (χ2n) is 9.24. The van der Waals surface area contributed by atoms with E-state index in [0.717, 1.165) is 0 Å². The number of fused-ring (bicyclic) bond motifs is 2. The van der Waals surface area contributed by atoms with Gasteiger partial charge >= 0.3 is 35.5 Å². The third kappa shape index (κ3) is 3.20. The lowest BCUT2D eigenvalue weighted by Gasteiger charge is -2.51. The van der Waals surface area contributed by atoms with E-state index in [4.69, 9.17) is 0 Å². The van der Waals surface area contributed by atoms with Crippen LogP contribution in [0.1, 0.15) is 22.3 Å². The highest BCUT2D eigenvalue weighted by Crippen LogP contribution is 2.70. The second-order valence-corrected chi connectivity index (χ2v) is 9.24. The molecule has 238 valence electrons. The molecule has 0 heterocycles. The van der Waals surface area contributed by atoms with Gasteiger partial charge in [-0.2, -0.15) is 52.7 Å². The van der Waals surface area contributed by atoms with Crippen molar-refractivity contribution < 1.29 is 96.6 Å². The summed E-state index contributed by atoms with van der Waals surface area (Å²) in [5.74, 6) is -75.6. The number of alkyl halides is 14. The zero-order valence-corrected chi connectivity index (χ0v) is 19.0. The van der Waals surface area contributed by atoms with E-state index in [1.54, 1.807) is 0 Å². The monoisotopic (exact) mass is 670 g/mol. The molecule has 0 nitrogen and oxygen atoms in total. The summed E-state index contributed by atoms with van der Waals surface area (Å²) in [5.41, 5.74) is -30.2. The highest BCUT2D eigenvalue weighted by molar-refractivity contribution is 6.44. The topological polar surface area (TPSA) is 0 Å². The van der Waals surface area contributed by atoms with Crippen molar-refractivity contribution in [2.24, 2.45) is 0 Å². The molecule has 0 saturated heterocycles. The fraction of sp³-hybridized carbons (Fsp3) is 0.400. The van der Waals surface area contributed by atoms with Crippen LogP contribution in [-0.2, 0) is 23.0 Å². The highest BCUT2D eigenvalue weighted by atomic mass is 19.4. The Morgan fingerprint density at radius 2 is 0.488 bits per heavy atom. The molecule has 2 atom stereocenters. The summed E-state index contributed by atoms with van der Waals surface area (Å²) < 4.78 is 318. The molecule has 23 heteroatoms. The Morgan fingerprint density at radius 3 is 0.721 bits per heavy atom. The zero-order valence-electron chi connectivity index (χ0n) is 19.0. The predicted octanol–water partition coefficient (Wildman–Crippen LogP) is 7.93. The summed E-state index contributed by atoms with van der Waals surface area (Å²) in [4.78, 5) is 0. The SMILES string of the molecule is Fc1c(F)c(F)c2c(c1F)C(F)(F)C(F)(F)C(F)(F)C2(F)BC1(F)c2c(F)c(F)c(F)c(F)c2C(F)(F)C(F)(F)C1(F)F. The molecule has 43 heavy (non-hydrogen) atoms. The molecular weight excluding hydrogens is 669 g/mol. The fourth-order valence-electron chi connectivity index (χ4n) is 4.85. The molecule has 2 aliphatic rings. The third-order valence-corrected chi connectivity index (χ3v) is 7.01. The van der Waals surface area contributed by atoms with Gasteiger partial charge in [0.05, 0.1) is 11.1 Å². The molecule has 0 amide bonds. The number of hydrogen-bond acceptors (Lipinski definition) is 0. The van der Waals surface area contributed by atoms with Crippen molar-refractivity contribution in [1.29, 1.82) is 0 Å². The standard InChI is InChI=1S/C20HBF22/c22-5-1-3(7(24)11(28)9(5)26)15(32,33)19(40,41)17(36,37)13(1,30)21-14(31)2-4(8(25)12(29)10(27)6(2)23)16(34,35)20(42,43)18(14,38)39/h21H. The Hall–Kier alpha value is -3.04. The lowest BCUT2D eigenvalue weighted by molar-refractivity contribution is -0.360. The Bertz CT molecular complexity index is 1460. The maximum Gasteiger partial charge on any atom is 0.379 e. The minimum Gasteiger partial charge on any atom is -0.242 e. The van der Waals surface area contributed by atoms with E-state index in [9.17, 15) is 87.8 Å². The van der Waals surface area contributed by atoms with Crippen LogP contribution in [-0.4, -0.2) is 31.0 Å². The van der Waals surface area contributed by atoms with Gasteiger partial charge in [-0.1, -0.05) is 0 Å². The van der Waals surface area contributed by atoms with Crippen molar-refractivity contribution in [3.8, 4) is 0 Å². The van der Waals surface area contributed by atoms with Gasteiger partial charge in [0.15, 0.2) is 57.7 Å². The fourth-order valence-corrected chi connectivity index (χ4v) is 4.85.